The molecule has 0 saturated heterocycles. The number of carbonyl (C=O) groups excluding carboxylic acids is 1. The average molecular weight is 337 g/mol. The number of halogens is 2. The molecule has 0 fully saturated rings. The van der Waals surface area contributed by atoms with Crippen molar-refractivity contribution in [2.24, 2.45) is 0 Å². The molecule has 0 radical (unpaired) electrons. The monoisotopic (exact) mass is 337 g/mol. The van der Waals surface area contributed by atoms with E-state index in [0.717, 1.165) is 5.56 Å². The number of hydrogen-bond donors (Lipinski definition) is 2. The van der Waals surface area contributed by atoms with E-state index in [9.17, 15) is 13.6 Å². The Morgan fingerprint density at radius 2 is 2.12 bits per heavy atom. The average Bonchev–Trinajstić information content (AvgIpc) is 2.56. The van der Waals surface area contributed by atoms with Crippen LogP contribution < -0.4 is 20.1 Å². The van der Waals surface area contributed by atoms with Gasteiger partial charge < -0.3 is 20.1 Å². The molecular formula is C16H17F2N3O3. The minimum atomic E-state index is -2.91. The zero-order chi connectivity index (χ0) is 17.4. The summed E-state index contributed by atoms with van der Waals surface area (Å²) in [6, 6.07) is 7.73. The summed E-state index contributed by atoms with van der Waals surface area (Å²) in [6.45, 7) is -2.55. The van der Waals surface area contributed by atoms with Crippen LogP contribution >= 0.6 is 0 Å². The molecule has 2 rings (SSSR count). The van der Waals surface area contributed by atoms with Gasteiger partial charge in [-0.2, -0.15) is 8.78 Å². The zero-order valence-electron chi connectivity index (χ0n) is 13.0. The van der Waals surface area contributed by atoms with Crippen molar-refractivity contribution in [3.63, 3.8) is 0 Å². The normalized spacial score (nSPS) is 10.3. The van der Waals surface area contributed by atoms with Gasteiger partial charge in [-0.3, -0.25) is 4.98 Å². The zero-order valence-corrected chi connectivity index (χ0v) is 13.0. The second-order valence-corrected chi connectivity index (χ2v) is 4.74. The predicted molar refractivity (Wildman–Crippen MR) is 84.6 cm³/mol. The van der Waals surface area contributed by atoms with Gasteiger partial charge in [0, 0.05) is 12.7 Å². The van der Waals surface area contributed by atoms with Crippen LogP contribution in [0.1, 0.15) is 5.56 Å². The van der Waals surface area contributed by atoms with Crippen LogP contribution in [0.3, 0.4) is 0 Å². The molecule has 0 unspecified atom stereocenters. The van der Waals surface area contributed by atoms with Gasteiger partial charge in [-0.25, -0.2) is 4.79 Å². The number of pyridine rings is 1. The third kappa shape index (κ3) is 5.38. The molecular weight excluding hydrogens is 320 g/mol. The van der Waals surface area contributed by atoms with Crippen molar-refractivity contribution in [2.45, 2.75) is 13.0 Å². The summed E-state index contributed by atoms with van der Waals surface area (Å²) in [5.74, 6) is 0.186. The Morgan fingerprint density at radius 1 is 1.29 bits per heavy atom. The Morgan fingerprint density at radius 3 is 2.79 bits per heavy atom. The lowest BCUT2D eigenvalue weighted by Crippen LogP contribution is -2.30. The minimum Gasteiger partial charge on any atom is -0.493 e. The van der Waals surface area contributed by atoms with Gasteiger partial charge in [0.25, 0.3) is 0 Å². The smallest absolute Gasteiger partial charge is 0.387 e. The number of methoxy groups -OCH3 is 1. The number of urea groups is 1. The van der Waals surface area contributed by atoms with E-state index in [-0.39, 0.29) is 17.5 Å². The first-order valence-electron chi connectivity index (χ1n) is 7.15. The molecule has 6 nitrogen and oxygen atoms in total. The number of nitrogens with one attached hydrogen (secondary N) is 2. The fourth-order valence-corrected chi connectivity index (χ4v) is 1.99. The van der Waals surface area contributed by atoms with Crippen molar-refractivity contribution in [1.29, 1.82) is 0 Å². The Kier molecular flexibility index (Phi) is 6.30. The summed E-state index contributed by atoms with van der Waals surface area (Å²) in [4.78, 5) is 15.6. The van der Waals surface area contributed by atoms with Gasteiger partial charge in [0.2, 0.25) is 0 Å². The summed E-state index contributed by atoms with van der Waals surface area (Å²) in [7, 11) is 1.37. The molecule has 24 heavy (non-hydrogen) atoms. The lowest BCUT2D eigenvalue weighted by molar-refractivity contribution is -0.0512. The van der Waals surface area contributed by atoms with Crippen LogP contribution in [-0.2, 0) is 6.42 Å². The molecule has 0 atom stereocenters. The van der Waals surface area contributed by atoms with Crippen LogP contribution in [0, 0.1) is 0 Å². The summed E-state index contributed by atoms with van der Waals surface area (Å²) in [6.07, 6.45) is 3.65. The highest BCUT2D eigenvalue weighted by Gasteiger charge is 2.11. The van der Waals surface area contributed by atoms with Gasteiger partial charge in [-0.05, 0) is 36.2 Å². The first-order valence-corrected chi connectivity index (χ1v) is 7.15. The second kappa shape index (κ2) is 8.66. The predicted octanol–water partition coefficient (Wildman–Crippen LogP) is 3.06. The molecule has 0 bridgehead atoms. The van der Waals surface area contributed by atoms with E-state index >= 15 is 0 Å². The van der Waals surface area contributed by atoms with Crippen molar-refractivity contribution < 1.29 is 23.0 Å². The maximum absolute atomic E-state index is 12.3. The lowest BCUT2D eigenvalue weighted by atomic mass is 10.1. The molecule has 2 N–H and O–H groups in total. The molecule has 0 aliphatic heterocycles. The molecule has 1 aromatic heterocycles. The van der Waals surface area contributed by atoms with Gasteiger partial charge in [0.1, 0.15) is 0 Å². The maximum atomic E-state index is 12.3. The van der Waals surface area contributed by atoms with Gasteiger partial charge in [0.15, 0.2) is 11.5 Å². The molecule has 2 amide bonds. The number of rotatable bonds is 7. The van der Waals surface area contributed by atoms with E-state index < -0.39 is 6.61 Å². The van der Waals surface area contributed by atoms with Gasteiger partial charge >= 0.3 is 12.6 Å². The topological polar surface area (TPSA) is 72.5 Å². The Balaban J connectivity index is 1.84. The lowest BCUT2D eigenvalue weighted by Gasteiger charge is -2.12. The molecule has 2 aromatic rings. The highest BCUT2D eigenvalue weighted by Crippen LogP contribution is 2.29. The SMILES string of the molecule is COc1cc(CCNC(=O)Nc2cccnc2)ccc1OC(F)F. The number of aromatic nitrogens is 1. The van der Waals surface area contributed by atoms with Crippen LogP contribution in [0.15, 0.2) is 42.7 Å². The number of ether oxygens (including phenoxy) is 2. The highest BCUT2D eigenvalue weighted by molar-refractivity contribution is 5.88. The number of carbonyl (C=O) groups is 1. The Bertz CT molecular complexity index is 669. The fourth-order valence-electron chi connectivity index (χ4n) is 1.99. The van der Waals surface area contributed by atoms with Crippen LogP contribution in [0.25, 0.3) is 0 Å². The summed E-state index contributed by atoms with van der Waals surface area (Å²) in [5.41, 5.74) is 1.40. The third-order valence-corrected chi connectivity index (χ3v) is 3.06. The molecule has 8 heteroatoms. The van der Waals surface area contributed by atoms with E-state index in [1.165, 1.54) is 19.4 Å². The van der Waals surface area contributed by atoms with E-state index in [1.807, 2.05) is 0 Å². The first-order chi connectivity index (χ1) is 11.6. The van der Waals surface area contributed by atoms with Gasteiger partial charge in [0.05, 0.1) is 19.0 Å². The van der Waals surface area contributed by atoms with Crippen LogP contribution in [0.5, 0.6) is 11.5 Å². The van der Waals surface area contributed by atoms with Crippen LogP contribution in [0.4, 0.5) is 19.3 Å². The van der Waals surface area contributed by atoms with E-state index in [4.69, 9.17) is 4.74 Å². The van der Waals surface area contributed by atoms with E-state index in [2.05, 4.69) is 20.4 Å². The molecule has 0 saturated carbocycles. The Hall–Kier alpha value is -2.90. The summed E-state index contributed by atoms with van der Waals surface area (Å²) >= 11 is 0. The maximum Gasteiger partial charge on any atom is 0.387 e. The number of alkyl halides is 2. The van der Waals surface area contributed by atoms with Gasteiger partial charge in [-0.15, -0.1) is 0 Å². The van der Waals surface area contributed by atoms with Crippen LogP contribution in [-0.4, -0.2) is 31.3 Å². The fraction of sp³-hybridized carbons (Fsp3) is 0.250. The number of nitrogens with zero attached hydrogens (tertiary/aromatic N) is 1. The minimum absolute atomic E-state index is 0.0291. The highest BCUT2D eigenvalue weighted by atomic mass is 19.3. The van der Waals surface area contributed by atoms with E-state index in [1.54, 1.807) is 30.5 Å². The third-order valence-electron chi connectivity index (χ3n) is 3.06. The van der Waals surface area contributed by atoms with E-state index in [0.29, 0.717) is 18.7 Å². The molecule has 1 heterocycles. The van der Waals surface area contributed by atoms with Crippen LogP contribution in [0.2, 0.25) is 0 Å². The largest absolute Gasteiger partial charge is 0.493 e. The number of anilines is 1. The standard InChI is InChI=1S/C16H17F2N3O3/c1-23-14-9-11(4-5-13(14)24-15(17)18)6-8-20-16(22)21-12-3-2-7-19-10-12/h2-5,7,9-10,15H,6,8H2,1H3,(H2,20,21,22). The number of benzene rings is 1. The van der Waals surface area contributed by atoms with Crippen molar-refractivity contribution in [2.75, 3.05) is 19.0 Å². The van der Waals surface area contributed by atoms with Crippen molar-refractivity contribution in [1.82, 2.24) is 10.3 Å². The molecule has 0 aliphatic rings. The van der Waals surface area contributed by atoms with Gasteiger partial charge in [-0.1, -0.05) is 6.07 Å². The summed E-state index contributed by atoms with van der Waals surface area (Å²) in [5, 5.41) is 5.33. The molecule has 1 aromatic carbocycles. The first kappa shape index (κ1) is 17.5. The number of hydrogen-bond acceptors (Lipinski definition) is 4. The summed E-state index contributed by atoms with van der Waals surface area (Å²) < 4.78 is 33.9. The van der Waals surface area contributed by atoms with Crippen molar-refractivity contribution >= 4 is 11.7 Å². The number of amides is 2. The van der Waals surface area contributed by atoms with Crippen molar-refractivity contribution in [3.05, 3.63) is 48.3 Å². The molecule has 0 aliphatic carbocycles. The molecule has 0 spiro atoms. The van der Waals surface area contributed by atoms with Crippen molar-refractivity contribution in [3.8, 4) is 11.5 Å². The molecule has 128 valence electrons. The second-order valence-electron chi connectivity index (χ2n) is 4.74. The Labute approximate surface area is 137 Å². The quantitative estimate of drug-likeness (QED) is 0.814.